The van der Waals surface area contributed by atoms with Crippen molar-refractivity contribution in [2.45, 2.75) is 19.4 Å². The van der Waals surface area contributed by atoms with Crippen LogP contribution in [-0.4, -0.2) is 28.9 Å². The van der Waals surface area contributed by atoms with Gasteiger partial charge in [0.2, 0.25) is 0 Å². The molecule has 2 heterocycles. The lowest BCUT2D eigenvalue weighted by Gasteiger charge is -2.29. The second-order valence-electron chi connectivity index (χ2n) is 6.84. The van der Waals surface area contributed by atoms with E-state index >= 15 is 0 Å². The summed E-state index contributed by atoms with van der Waals surface area (Å²) >= 11 is 0. The van der Waals surface area contributed by atoms with Crippen LogP contribution in [-0.2, 0) is 19.4 Å². The van der Waals surface area contributed by atoms with Crippen molar-refractivity contribution in [3.05, 3.63) is 95.2 Å². The Morgan fingerprint density at radius 1 is 1.00 bits per heavy atom. The number of carbonyl (C=O) groups is 1. The molecule has 1 amide bonds. The first-order valence-corrected chi connectivity index (χ1v) is 9.39. The average Bonchev–Trinajstić information content (AvgIpc) is 2.74. The molecule has 0 unspecified atom stereocenters. The Morgan fingerprint density at radius 3 is 2.63 bits per heavy atom. The van der Waals surface area contributed by atoms with Gasteiger partial charge < -0.3 is 10.2 Å². The molecule has 0 spiro atoms. The van der Waals surface area contributed by atoms with Crippen LogP contribution in [0.5, 0.6) is 0 Å². The second kappa shape index (κ2) is 8.04. The largest absolute Gasteiger partial charge is 0.370 e. The third-order valence-corrected chi connectivity index (χ3v) is 4.99. The first-order chi connectivity index (χ1) is 13.3. The van der Waals surface area contributed by atoms with E-state index < -0.39 is 0 Å². The third kappa shape index (κ3) is 4.17. The quantitative estimate of drug-likeness (QED) is 0.752. The maximum Gasteiger partial charge on any atom is 0.254 e. The van der Waals surface area contributed by atoms with Gasteiger partial charge in [-0.2, -0.15) is 0 Å². The molecule has 0 aliphatic carbocycles. The van der Waals surface area contributed by atoms with E-state index in [0.717, 1.165) is 31.7 Å². The molecule has 1 aliphatic rings. The van der Waals surface area contributed by atoms with Crippen molar-refractivity contribution in [3.8, 4) is 0 Å². The molecule has 1 aromatic heterocycles. The molecule has 0 radical (unpaired) electrons. The van der Waals surface area contributed by atoms with Crippen molar-refractivity contribution in [2.75, 3.05) is 18.4 Å². The van der Waals surface area contributed by atoms with Gasteiger partial charge in [0.1, 0.15) is 5.82 Å². The van der Waals surface area contributed by atoms with E-state index in [-0.39, 0.29) is 5.91 Å². The smallest absolute Gasteiger partial charge is 0.254 e. The fraction of sp³-hybridized carbons (Fsp3) is 0.217. The van der Waals surface area contributed by atoms with Gasteiger partial charge in [0.25, 0.3) is 5.91 Å². The molecule has 0 saturated heterocycles. The fourth-order valence-electron chi connectivity index (χ4n) is 3.49. The highest BCUT2D eigenvalue weighted by Crippen LogP contribution is 2.20. The molecule has 4 nitrogen and oxygen atoms in total. The lowest BCUT2D eigenvalue weighted by Crippen LogP contribution is -2.36. The Labute approximate surface area is 159 Å². The van der Waals surface area contributed by atoms with Gasteiger partial charge in [-0.3, -0.25) is 4.79 Å². The monoisotopic (exact) mass is 357 g/mol. The maximum atomic E-state index is 12.9. The molecular formula is C23H23N3O. The van der Waals surface area contributed by atoms with Gasteiger partial charge >= 0.3 is 0 Å². The minimum Gasteiger partial charge on any atom is -0.370 e. The number of pyridine rings is 1. The third-order valence-electron chi connectivity index (χ3n) is 4.99. The summed E-state index contributed by atoms with van der Waals surface area (Å²) in [6, 6.07) is 22.3. The Hall–Kier alpha value is -3.14. The van der Waals surface area contributed by atoms with Crippen molar-refractivity contribution in [3.63, 3.8) is 0 Å². The minimum absolute atomic E-state index is 0.0676. The highest BCUT2D eigenvalue weighted by Gasteiger charge is 2.21. The zero-order valence-corrected chi connectivity index (χ0v) is 15.3. The molecule has 27 heavy (non-hydrogen) atoms. The number of aromatic nitrogens is 1. The molecule has 4 rings (SSSR count). The number of rotatable bonds is 5. The zero-order valence-electron chi connectivity index (χ0n) is 15.3. The van der Waals surface area contributed by atoms with Crippen LogP contribution >= 0.6 is 0 Å². The normalized spacial score (nSPS) is 13.1. The summed E-state index contributed by atoms with van der Waals surface area (Å²) in [5.74, 6) is 0.812. The van der Waals surface area contributed by atoms with E-state index in [1.165, 1.54) is 16.7 Å². The lowest BCUT2D eigenvalue weighted by molar-refractivity contribution is 0.0734. The molecule has 0 bridgehead atoms. The summed E-state index contributed by atoms with van der Waals surface area (Å²) in [5, 5.41) is 3.33. The van der Waals surface area contributed by atoms with E-state index in [1.807, 2.05) is 35.2 Å². The Kier molecular flexibility index (Phi) is 5.15. The molecule has 2 aromatic carbocycles. The average molecular weight is 357 g/mol. The highest BCUT2D eigenvalue weighted by molar-refractivity contribution is 5.95. The molecule has 0 fully saturated rings. The summed E-state index contributed by atoms with van der Waals surface area (Å²) in [4.78, 5) is 19.2. The lowest BCUT2D eigenvalue weighted by atomic mass is 9.99. The van der Waals surface area contributed by atoms with Gasteiger partial charge in [-0.1, -0.05) is 54.6 Å². The molecule has 0 saturated carbocycles. The number of hydrogen-bond donors (Lipinski definition) is 1. The van der Waals surface area contributed by atoms with Crippen molar-refractivity contribution >= 4 is 11.7 Å². The Balaban J connectivity index is 1.39. The van der Waals surface area contributed by atoms with Crippen molar-refractivity contribution in [1.82, 2.24) is 9.88 Å². The van der Waals surface area contributed by atoms with E-state index in [9.17, 15) is 4.79 Å². The SMILES string of the molecule is O=C(c1ccnc(NCCc2ccccc2)c1)N1CCc2ccccc2C1. The highest BCUT2D eigenvalue weighted by atomic mass is 16.2. The molecular weight excluding hydrogens is 334 g/mol. The Bertz CT molecular complexity index is 924. The molecule has 4 heteroatoms. The number of anilines is 1. The van der Waals surface area contributed by atoms with Crippen molar-refractivity contribution in [1.29, 1.82) is 0 Å². The van der Waals surface area contributed by atoms with Crippen LogP contribution in [0.4, 0.5) is 5.82 Å². The number of benzene rings is 2. The Morgan fingerprint density at radius 2 is 1.78 bits per heavy atom. The van der Waals surface area contributed by atoms with Crippen molar-refractivity contribution < 1.29 is 4.79 Å². The van der Waals surface area contributed by atoms with Crippen LogP contribution < -0.4 is 5.32 Å². The zero-order chi connectivity index (χ0) is 18.5. The molecule has 1 aliphatic heterocycles. The summed E-state index contributed by atoms with van der Waals surface area (Å²) < 4.78 is 0. The first kappa shape index (κ1) is 17.3. The summed E-state index contributed by atoms with van der Waals surface area (Å²) in [5.41, 5.74) is 4.56. The maximum absolute atomic E-state index is 12.9. The minimum atomic E-state index is 0.0676. The molecule has 1 N–H and O–H groups in total. The number of carbonyl (C=O) groups excluding carboxylic acids is 1. The van der Waals surface area contributed by atoms with E-state index in [1.54, 1.807) is 12.3 Å². The van der Waals surface area contributed by atoms with E-state index in [2.05, 4.69) is 40.6 Å². The first-order valence-electron chi connectivity index (χ1n) is 9.39. The standard InChI is InChI=1S/C23H23N3O/c27-23(26-15-12-19-8-4-5-9-21(19)17-26)20-11-14-25-22(16-20)24-13-10-18-6-2-1-3-7-18/h1-9,11,14,16H,10,12-13,15,17H2,(H,24,25). The number of amides is 1. The van der Waals surface area contributed by atoms with Gasteiger partial charge in [0, 0.05) is 31.4 Å². The number of hydrogen-bond acceptors (Lipinski definition) is 3. The van der Waals surface area contributed by atoms with Crippen LogP contribution in [0.2, 0.25) is 0 Å². The van der Waals surface area contributed by atoms with Gasteiger partial charge in [-0.25, -0.2) is 4.98 Å². The van der Waals surface area contributed by atoms with Crippen LogP contribution in [0.3, 0.4) is 0 Å². The van der Waals surface area contributed by atoms with E-state index in [0.29, 0.717) is 12.1 Å². The summed E-state index contributed by atoms with van der Waals surface area (Å²) in [6.45, 7) is 2.22. The van der Waals surface area contributed by atoms with Crippen molar-refractivity contribution in [2.24, 2.45) is 0 Å². The summed E-state index contributed by atoms with van der Waals surface area (Å²) in [7, 11) is 0. The molecule has 136 valence electrons. The van der Waals surface area contributed by atoms with Crippen LogP contribution in [0.25, 0.3) is 0 Å². The van der Waals surface area contributed by atoms with Crippen LogP contribution in [0.15, 0.2) is 72.9 Å². The predicted molar refractivity (Wildman–Crippen MR) is 108 cm³/mol. The van der Waals surface area contributed by atoms with Gasteiger partial charge in [-0.15, -0.1) is 0 Å². The predicted octanol–water partition coefficient (Wildman–Crippen LogP) is 3.93. The second-order valence-corrected chi connectivity index (χ2v) is 6.84. The number of nitrogens with one attached hydrogen (secondary N) is 1. The van der Waals surface area contributed by atoms with Crippen LogP contribution in [0.1, 0.15) is 27.0 Å². The number of nitrogens with zero attached hydrogens (tertiary/aromatic N) is 2. The molecule has 3 aromatic rings. The van der Waals surface area contributed by atoms with E-state index in [4.69, 9.17) is 0 Å². The summed E-state index contributed by atoms with van der Waals surface area (Å²) in [6.07, 6.45) is 3.54. The van der Waals surface area contributed by atoms with Gasteiger partial charge in [0.05, 0.1) is 0 Å². The number of fused-ring (bicyclic) bond motifs is 1. The van der Waals surface area contributed by atoms with Gasteiger partial charge in [-0.05, 0) is 41.7 Å². The fourth-order valence-corrected chi connectivity index (χ4v) is 3.49. The van der Waals surface area contributed by atoms with Crippen LogP contribution in [0, 0.1) is 0 Å². The molecule has 0 atom stereocenters. The van der Waals surface area contributed by atoms with Gasteiger partial charge in [0.15, 0.2) is 0 Å². The topological polar surface area (TPSA) is 45.2 Å².